The maximum atomic E-state index is 14.5. The number of nitrogens with zero attached hydrogens (tertiary/aromatic N) is 6. The zero-order valence-corrected chi connectivity index (χ0v) is 39.6. The van der Waals surface area contributed by atoms with Crippen LogP contribution in [-0.2, 0) is 31.4 Å². The Bertz CT molecular complexity index is 2570. The van der Waals surface area contributed by atoms with Crippen LogP contribution >= 0.6 is 0 Å². The summed E-state index contributed by atoms with van der Waals surface area (Å²) in [6, 6.07) is 22.1. The lowest BCUT2D eigenvalue weighted by Crippen LogP contribution is -2.51. The number of unbranched alkanes of at least 4 members (excludes halogenated alkanes) is 6. The van der Waals surface area contributed by atoms with Crippen molar-refractivity contribution in [3.63, 3.8) is 0 Å². The Morgan fingerprint density at radius 1 is 0.549 bits per heavy atom. The fraction of sp³-hybridized carbons (Fsp3) is 0.358. The zero-order chi connectivity index (χ0) is 51.6. The van der Waals surface area contributed by atoms with E-state index in [2.05, 4.69) is 0 Å². The van der Waals surface area contributed by atoms with Crippen molar-refractivity contribution in [2.45, 2.75) is 97.1 Å². The van der Waals surface area contributed by atoms with E-state index in [0.29, 0.717) is 67.2 Å². The topological polar surface area (TPSA) is 147 Å². The van der Waals surface area contributed by atoms with Gasteiger partial charge in [-0.2, -0.15) is 36.9 Å². The average Bonchev–Trinajstić information content (AvgIpc) is 3.34. The molecule has 0 saturated carbocycles. The predicted molar refractivity (Wildman–Crippen MR) is 251 cm³/mol. The fourth-order valence-corrected chi connectivity index (χ4v) is 8.97. The van der Waals surface area contributed by atoms with Gasteiger partial charge >= 0.3 is 36.4 Å². The van der Waals surface area contributed by atoms with E-state index in [9.17, 15) is 56.0 Å². The first kappa shape index (κ1) is 52.8. The summed E-state index contributed by atoms with van der Waals surface area (Å²) in [5, 5.41) is 18.9. The van der Waals surface area contributed by atoms with Crippen LogP contribution in [0.15, 0.2) is 120 Å². The Labute approximate surface area is 407 Å². The molecule has 4 amide bonds. The number of esters is 2. The molecule has 18 heteroatoms. The molecule has 2 heterocycles. The van der Waals surface area contributed by atoms with Crippen LogP contribution in [0.5, 0.6) is 0 Å². The third kappa shape index (κ3) is 11.9. The smallest absolute Gasteiger partial charge is 0.416 e. The van der Waals surface area contributed by atoms with Crippen LogP contribution in [-0.4, -0.2) is 60.1 Å². The summed E-state index contributed by atoms with van der Waals surface area (Å²) in [5.41, 5.74) is -0.163. The molecule has 6 rings (SSSR count). The van der Waals surface area contributed by atoms with Gasteiger partial charge < -0.3 is 19.3 Å². The number of amides is 4. The molecule has 2 aliphatic heterocycles. The molecule has 4 aromatic carbocycles. The second-order valence-corrected chi connectivity index (χ2v) is 16.9. The van der Waals surface area contributed by atoms with E-state index in [4.69, 9.17) is 9.47 Å². The summed E-state index contributed by atoms with van der Waals surface area (Å²) >= 11 is 0. The van der Waals surface area contributed by atoms with Crippen LogP contribution in [0.3, 0.4) is 0 Å². The van der Waals surface area contributed by atoms with Crippen molar-refractivity contribution >= 4 is 35.4 Å². The van der Waals surface area contributed by atoms with Gasteiger partial charge in [0.05, 0.1) is 82.2 Å². The molecule has 4 aromatic rings. The van der Waals surface area contributed by atoms with Gasteiger partial charge in [0.25, 0.3) is 0 Å². The molecule has 372 valence electrons. The Morgan fingerprint density at radius 2 is 0.887 bits per heavy atom. The highest BCUT2D eigenvalue weighted by Crippen LogP contribution is 2.44. The minimum Gasteiger partial charge on any atom is -0.463 e. The number of alkyl halides is 6. The molecular formula is C53H52F6N6O6. The molecule has 0 bridgehead atoms. The van der Waals surface area contributed by atoms with Gasteiger partial charge in [0.2, 0.25) is 0 Å². The van der Waals surface area contributed by atoms with Gasteiger partial charge in [-0.15, -0.1) is 0 Å². The summed E-state index contributed by atoms with van der Waals surface area (Å²) in [5.74, 6) is -1.51. The van der Waals surface area contributed by atoms with Gasteiger partial charge in [-0.3, -0.25) is 9.80 Å². The SMILES string of the molecule is CCOC(=O)C1=C(C)N(c2cccc(C(F)(F)F)c2)C(=O)N(CCCCCCCCCN2C(=O)N(c3cccc(C(F)(F)F)c3)C(C)=C(C(=O)OCC)C2c2ccc(C#N)cc2)C1c1ccc(C#N)cc1. The number of benzene rings is 4. The van der Waals surface area contributed by atoms with Crippen LogP contribution < -0.4 is 9.80 Å². The number of carbonyl (C=O) groups excluding carboxylic acids is 4. The molecule has 0 radical (unpaired) electrons. The highest BCUT2D eigenvalue weighted by atomic mass is 19.4. The predicted octanol–water partition coefficient (Wildman–Crippen LogP) is 12.5. The van der Waals surface area contributed by atoms with Gasteiger partial charge in [-0.05, 0) is 112 Å². The van der Waals surface area contributed by atoms with Gasteiger partial charge in [-0.25, -0.2) is 19.2 Å². The Balaban J connectivity index is 1.18. The van der Waals surface area contributed by atoms with Crippen molar-refractivity contribution < 1.29 is 55.0 Å². The van der Waals surface area contributed by atoms with Crippen LogP contribution in [0.25, 0.3) is 0 Å². The molecule has 2 aliphatic rings. The minimum atomic E-state index is -4.71. The number of nitriles is 2. The molecule has 0 aromatic heterocycles. The second kappa shape index (κ2) is 22.9. The van der Waals surface area contributed by atoms with Crippen molar-refractivity contribution in [1.29, 1.82) is 10.5 Å². The average molecular weight is 983 g/mol. The standard InChI is InChI=1S/C53H52F6N6O6/c1-5-70-48(66)44-34(3)64(42-18-14-16-40(30-42)52(54,55)56)50(68)62(46(44)38-24-20-36(32-60)21-25-38)28-12-10-8-7-9-11-13-29-63-47(39-26-22-37(33-61)23-27-39)45(49(67)71-6-2)35(4)65(51(63)69)43-19-15-17-41(31-43)53(57,58)59/h14-27,30-31,46-47H,5-13,28-29H2,1-4H3. The fourth-order valence-electron chi connectivity index (χ4n) is 8.97. The van der Waals surface area contributed by atoms with E-state index in [1.54, 1.807) is 62.4 Å². The lowest BCUT2D eigenvalue weighted by atomic mass is 9.91. The number of carbonyl (C=O) groups is 4. The van der Waals surface area contributed by atoms with Crippen LogP contribution in [0.1, 0.15) is 118 Å². The molecule has 0 N–H and O–H groups in total. The summed E-state index contributed by atoms with van der Waals surface area (Å²) in [7, 11) is 0. The summed E-state index contributed by atoms with van der Waals surface area (Å²) in [6.07, 6.45) is -5.23. The summed E-state index contributed by atoms with van der Waals surface area (Å²) in [4.78, 5) is 61.6. The monoisotopic (exact) mass is 982 g/mol. The summed E-state index contributed by atoms with van der Waals surface area (Å²) in [6.45, 7) is 6.36. The number of ether oxygens (including phenoxy) is 2. The van der Waals surface area contributed by atoms with E-state index in [0.717, 1.165) is 34.1 Å². The lowest BCUT2D eigenvalue weighted by molar-refractivity contribution is -0.140. The molecule has 71 heavy (non-hydrogen) atoms. The van der Waals surface area contributed by atoms with E-state index < -0.39 is 59.6 Å². The molecule has 0 saturated heterocycles. The molecule has 12 nitrogen and oxygen atoms in total. The van der Waals surface area contributed by atoms with E-state index in [-0.39, 0.29) is 60.2 Å². The highest BCUT2D eigenvalue weighted by Gasteiger charge is 2.45. The number of allylic oxidation sites excluding steroid dienone is 2. The lowest BCUT2D eigenvalue weighted by Gasteiger charge is -2.43. The number of hydrogen-bond acceptors (Lipinski definition) is 8. The minimum absolute atomic E-state index is 0.0110. The number of hydrogen-bond donors (Lipinski definition) is 0. The van der Waals surface area contributed by atoms with Crippen molar-refractivity contribution in [2.75, 3.05) is 36.1 Å². The maximum absolute atomic E-state index is 14.5. The molecule has 0 fully saturated rings. The van der Waals surface area contributed by atoms with Crippen molar-refractivity contribution in [2.24, 2.45) is 0 Å². The molecule has 0 spiro atoms. The highest BCUT2D eigenvalue weighted by molar-refractivity contribution is 6.04. The quantitative estimate of drug-likeness (QED) is 0.0544. The first-order valence-electron chi connectivity index (χ1n) is 23.2. The van der Waals surface area contributed by atoms with Crippen molar-refractivity contribution in [3.05, 3.63) is 153 Å². The van der Waals surface area contributed by atoms with E-state index in [1.807, 2.05) is 12.1 Å². The molecule has 0 aliphatic carbocycles. The summed E-state index contributed by atoms with van der Waals surface area (Å²) < 4.78 is 94.2. The van der Waals surface area contributed by atoms with Gasteiger partial charge in [0.15, 0.2) is 0 Å². The van der Waals surface area contributed by atoms with Crippen molar-refractivity contribution in [3.8, 4) is 12.1 Å². The van der Waals surface area contributed by atoms with E-state index in [1.165, 1.54) is 47.9 Å². The number of halogens is 6. The third-order valence-corrected chi connectivity index (χ3v) is 12.4. The van der Waals surface area contributed by atoms with Crippen LogP contribution in [0, 0.1) is 22.7 Å². The Hall–Kier alpha value is -7.60. The van der Waals surface area contributed by atoms with Gasteiger partial charge in [-0.1, -0.05) is 68.5 Å². The van der Waals surface area contributed by atoms with E-state index >= 15 is 0 Å². The zero-order valence-electron chi connectivity index (χ0n) is 39.6. The van der Waals surface area contributed by atoms with Gasteiger partial charge in [0, 0.05) is 24.5 Å². The molecular weight excluding hydrogens is 931 g/mol. The first-order chi connectivity index (χ1) is 33.9. The number of anilines is 2. The molecule has 2 unspecified atom stereocenters. The van der Waals surface area contributed by atoms with Crippen molar-refractivity contribution in [1.82, 2.24) is 9.80 Å². The van der Waals surface area contributed by atoms with Crippen LogP contribution in [0.4, 0.5) is 47.3 Å². The first-order valence-corrected chi connectivity index (χ1v) is 23.2. The maximum Gasteiger partial charge on any atom is 0.416 e. The number of rotatable bonds is 18. The second-order valence-electron chi connectivity index (χ2n) is 16.9. The van der Waals surface area contributed by atoms with Crippen LogP contribution in [0.2, 0.25) is 0 Å². The Kier molecular flexibility index (Phi) is 17.0. The largest absolute Gasteiger partial charge is 0.463 e. The number of urea groups is 2. The van der Waals surface area contributed by atoms with Gasteiger partial charge in [0.1, 0.15) is 0 Å². The third-order valence-electron chi connectivity index (χ3n) is 12.4. The normalized spacial score (nSPS) is 16.6. The Morgan fingerprint density at radius 3 is 1.20 bits per heavy atom. The molecule has 2 atom stereocenters.